The molecule has 4 aromatic rings. The Kier molecular flexibility index (Phi) is 7.55. The third kappa shape index (κ3) is 6.07. The van der Waals surface area contributed by atoms with Crippen molar-refractivity contribution in [3.8, 4) is 0 Å². The third-order valence-corrected chi connectivity index (χ3v) is 7.22. The maximum Gasteiger partial charge on any atom is 0.225 e. The number of anilines is 4. The minimum absolute atomic E-state index is 0.0720. The molecule has 9 nitrogen and oxygen atoms in total. The number of aromatic nitrogens is 4. The van der Waals surface area contributed by atoms with Crippen LogP contribution in [0.3, 0.4) is 0 Å². The molecule has 10 heteroatoms. The zero-order valence-corrected chi connectivity index (χ0v) is 21.1. The van der Waals surface area contributed by atoms with Crippen LogP contribution in [0.5, 0.6) is 0 Å². The summed E-state index contributed by atoms with van der Waals surface area (Å²) in [6.07, 6.45) is 3.86. The molecule has 5 rings (SSSR count). The Morgan fingerprint density at radius 2 is 1.81 bits per heavy atom. The Labute approximate surface area is 214 Å². The van der Waals surface area contributed by atoms with E-state index in [1.807, 2.05) is 48.3 Å². The van der Waals surface area contributed by atoms with Crippen molar-refractivity contribution in [2.75, 3.05) is 35.7 Å². The molecule has 188 valence electrons. The van der Waals surface area contributed by atoms with E-state index in [9.17, 15) is 10.2 Å². The van der Waals surface area contributed by atoms with Crippen LogP contribution in [0.4, 0.5) is 22.7 Å². The van der Waals surface area contributed by atoms with Gasteiger partial charge in [-0.1, -0.05) is 41.7 Å². The normalized spacial score (nSPS) is 17.8. The second-order valence-electron chi connectivity index (χ2n) is 9.16. The number of aliphatic hydroxyl groups is 2. The van der Waals surface area contributed by atoms with Crippen molar-refractivity contribution in [1.82, 2.24) is 19.9 Å². The van der Waals surface area contributed by atoms with Crippen molar-refractivity contribution in [3.05, 3.63) is 59.8 Å². The third-order valence-electron chi connectivity index (χ3n) is 6.34. The average Bonchev–Trinajstić information content (AvgIpc) is 3.27. The zero-order chi connectivity index (χ0) is 24.9. The van der Waals surface area contributed by atoms with E-state index < -0.39 is 0 Å². The fraction of sp³-hybridized carbons (Fsp3) is 0.385. The summed E-state index contributed by atoms with van der Waals surface area (Å²) < 4.78 is 0. The molecule has 1 fully saturated rings. The first-order valence-electron chi connectivity index (χ1n) is 12.3. The van der Waals surface area contributed by atoms with E-state index in [0.29, 0.717) is 29.9 Å². The van der Waals surface area contributed by atoms with Gasteiger partial charge in [0.2, 0.25) is 5.95 Å². The van der Waals surface area contributed by atoms with Gasteiger partial charge in [-0.25, -0.2) is 15.0 Å². The summed E-state index contributed by atoms with van der Waals surface area (Å²) in [5, 5.41) is 26.6. The van der Waals surface area contributed by atoms with Gasteiger partial charge in [0.25, 0.3) is 0 Å². The molecule has 0 atom stereocenters. The van der Waals surface area contributed by atoms with E-state index in [-0.39, 0.29) is 18.8 Å². The summed E-state index contributed by atoms with van der Waals surface area (Å²) in [5.41, 5.74) is 2.89. The lowest BCUT2D eigenvalue weighted by molar-refractivity contribution is 0.126. The van der Waals surface area contributed by atoms with Crippen LogP contribution >= 0.6 is 11.3 Å². The van der Waals surface area contributed by atoms with Crippen molar-refractivity contribution in [3.63, 3.8) is 0 Å². The molecule has 0 unspecified atom stereocenters. The molecule has 1 aliphatic rings. The second-order valence-corrected chi connectivity index (χ2v) is 10.1. The molecule has 0 spiro atoms. The molecular weight excluding hydrogens is 474 g/mol. The smallest absolute Gasteiger partial charge is 0.225 e. The number of hydrogen-bond acceptors (Lipinski definition) is 10. The molecule has 1 aromatic carbocycles. The van der Waals surface area contributed by atoms with Crippen LogP contribution in [0.25, 0.3) is 10.3 Å². The molecule has 36 heavy (non-hydrogen) atoms. The van der Waals surface area contributed by atoms with Crippen LogP contribution in [0, 0.1) is 0 Å². The monoisotopic (exact) mass is 505 g/mol. The van der Waals surface area contributed by atoms with Crippen LogP contribution in [-0.4, -0.2) is 62.5 Å². The Morgan fingerprint density at radius 3 is 2.58 bits per heavy atom. The van der Waals surface area contributed by atoms with Crippen molar-refractivity contribution in [2.24, 2.45) is 0 Å². The quantitative estimate of drug-likeness (QED) is 0.268. The van der Waals surface area contributed by atoms with E-state index in [2.05, 4.69) is 22.8 Å². The van der Waals surface area contributed by atoms with Gasteiger partial charge in [0.05, 0.1) is 18.4 Å². The van der Waals surface area contributed by atoms with Crippen LogP contribution < -0.4 is 15.5 Å². The fourth-order valence-corrected chi connectivity index (χ4v) is 5.21. The Bertz CT molecular complexity index is 1290. The van der Waals surface area contributed by atoms with Gasteiger partial charge >= 0.3 is 0 Å². The Hall–Kier alpha value is -3.34. The first-order chi connectivity index (χ1) is 17.6. The maximum atomic E-state index is 9.85. The number of hydrogen-bond donors (Lipinski definition) is 4. The highest BCUT2D eigenvalue weighted by Gasteiger charge is 2.20. The number of rotatable bonds is 9. The lowest BCUT2D eigenvalue weighted by Gasteiger charge is -2.26. The van der Waals surface area contributed by atoms with Gasteiger partial charge in [-0.3, -0.25) is 0 Å². The fourth-order valence-electron chi connectivity index (χ4n) is 4.37. The van der Waals surface area contributed by atoms with E-state index in [1.165, 1.54) is 16.9 Å². The summed E-state index contributed by atoms with van der Waals surface area (Å²) >= 11 is 1.46. The zero-order valence-electron chi connectivity index (χ0n) is 20.3. The molecular formula is C26H31N7O2S. The number of nitrogens with zero attached hydrogens (tertiary/aromatic N) is 5. The molecule has 3 aromatic heterocycles. The minimum atomic E-state index is -0.206. The molecule has 4 N–H and O–H groups in total. The van der Waals surface area contributed by atoms with E-state index in [1.54, 1.807) is 0 Å². The van der Waals surface area contributed by atoms with Gasteiger partial charge in [-0.2, -0.15) is 4.98 Å². The molecule has 1 saturated carbocycles. The summed E-state index contributed by atoms with van der Waals surface area (Å²) in [5.74, 6) is 2.05. The van der Waals surface area contributed by atoms with Crippen molar-refractivity contribution >= 4 is 44.4 Å². The van der Waals surface area contributed by atoms with E-state index in [0.717, 1.165) is 47.5 Å². The summed E-state index contributed by atoms with van der Waals surface area (Å²) in [4.78, 5) is 21.6. The lowest BCUT2D eigenvalue weighted by atomic mass is 9.93. The van der Waals surface area contributed by atoms with Crippen LogP contribution in [0.2, 0.25) is 0 Å². The molecule has 0 saturated heterocycles. The standard InChI is InChI=1S/C26H31N7O2S/c1-33(13-14-34)23-12-11-21-24(32-23)36-26(29-21)31-22-16-19(15-17-5-3-2-4-6-17)28-25(30-22)27-18-7-9-20(35)10-8-18/h2-6,11-12,16,18,20,34-35H,7-10,13-15H2,1H3,(H2,27,28,29,30,31)/t18-,20-. The van der Waals surface area contributed by atoms with E-state index >= 15 is 0 Å². The number of benzene rings is 1. The van der Waals surface area contributed by atoms with Crippen LogP contribution in [0.1, 0.15) is 36.9 Å². The predicted molar refractivity (Wildman–Crippen MR) is 144 cm³/mol. The SMILES string of the molecule is CN(CCO)c1ccc2nc(Nc3cc(Cc4ccccc4)nc(N[C@H]4CC[C@H](O)CC4)n3)sc2n1. The Balaban J connectivity index is 1.39. The topological polar surface area (TPSA) is 119 Å². The van der Waals surface area contributed by atoms with Gasteiger partial charge < -0.3 is 25.7 Å². The first-order valence-corrected chi connectivity index (χ1v) is 13.1. The van der Waals surface area contributed by atoms with Crippen molar-refractivity contribution < 1.29 is 10.2 Å². The number of fused-ring (bicyclic) bond motifs is 1. The van der Waals surface area contributed by atoms with Gasteiger partial charge in [0, 0.05) is 32.1 Å². The number of aliphatic hydroxyl groups excluding tert-OH is 2. The summed E-state index contributed by atoms with van der Waals surface area (Å²) in [6, 6.07) is 16.3. The predicted octanol–water partition coefficient (Wildman–Crippen LogP) is 3.96. The first kappa shape index (κ1) is 24.4. The maximum absolute atomic E-state index is 9.85. The second kappa shape index (κ2) is 11.2. The summed E-state index contributed by atoms with van der Waals surface area (Å²) in [6.45, 7) is 0.589. The number of nitrogens with one attached hydrogen (secondary N) is 2. The summed E-state index contributed by atoms with van der Waals surface area (Å²) in [7, 11) is 1.90. The molecule has 0 bridgehead atoms. The molecule has 0 amide bonds. The van der Waals surface area contributed by atoms with Crippen molar-refractivity contribution in [1.29, 1.82) is 0 Å². The minimum Gasteiger partial charge on any atom is -0.395 e. The molecule has 0 radical (unpaired) electrons. The number of likely N-dealkylation sites (N-methyl/N-ethyl adjacent to an activating group) is 1. The molecule has 0 aliphatic heterocycles. The lowest BCUT2D eigenvalue weighted by Crippen LogP contribution is -2.29. The van der Waals surface area contributed by atoms with Gasteiger partial charge in [0.15, 0.2) is 5.13 Å². The highest BCUT2D eigenvalue weighted by molar-refractivity contribution is 7.21. The van der Waals surface area contributed by atoms with Crippen LogP contribution in [0.15, 0.2) is 48.5 Å². The van der Waals surface area contributed by atoms with Gasteiger partial charge in [-0.15, -0.1) is 0 Å². The van der Waals surface area contributed by atoms with Gasteiger partial charge in [0.1, 0.15) is 22.0 Å². The number of thiazole rings is 1. The Morgan fingerprint density at radius 1 is 1.00 bits per heavy atom. The van der Waals surface area contributed by atoms with Crippen LogP contribution in [-0.2, 0) is 6.42 Å². The largest absolute Gasteiger partial charge is 0.395 e. The average molecular weight is 506 g/mol. The van der Waals surface area contributed by atoms with Gasteiger partial charge in [-0.05, 0) is 43.4 Å². The molecule has 1 aliphatic carbocycles. The highest BCUT2D eigenvalue weighted by Crippen LogP contribution is 2.29. The van der Waals surface area contributed by atoms with Crippen molar-refractivity contribution in [2.45, 2.75) is 44.2 Å². The van der Waals surface area contributed by atoms with E-state index in [4.69, 9.17) is 19.9 Å². The number of pyridine rings is 1. The highest BCUT2D eigenvalue weighted by atomic mass is 32.1. The molecule has 3 heterocycles.